The molecule has 3 nitrogen and oxygen atoms in total. The van der Waals surface area contributed by atoms with E-state index in [2.05, 4.69) is 11.8 Å². The maximum absolute atomic E-state index is 10.7. The highest BCUT2D eigenvalue weighted by molar-refractivity contribution is 5.67. The van der Waals surface area contributed by atoms with Gasteiger partial charge in [0, 0.05) is 12.5 Å². The molecule has 0 aromatic carbocycles. The molecule has 2 rings (SSSR count). The van der Waals surface area contributed by atoms with Crippen LogP contribution in [0.4, 0.5) is 0 Å². The summed E-state index contributed by atoms with van der Waals surface area (Å²) in [5.41, 5.74) is 0. The Bertz CT molecular complexity index is 253. The van der Waals surface area contributed by atoms with Gasteiger partial charge in [0.1, 0.15) is 0 Å². The van der Waals surface area contributed by atoms with Crippen molar-refractivity contribution in [3.05, 3.63) is 0 Å². The van der Waals surface area contributed by atoms with Gasteiger partial charge in [-0.3, -0.25) is 4.79 Å². The van der Waals surface area contributed by atoms with E-state index in [-0.39, 0.29) is 0 Å². The van der Waals surface area contributed by atoms with Gasteiger partial charge in [-0.15, -0.1) is 0 Å². The van der Waals surface area contributed by atoms with Gasteiger partial charge in [0.05, 0.1) is 0 Å². The minimum absolute atomic E-state index is 0.367. The summed E-state index contributed by atoms with van der Waals surface area (Å²) in [5.74, 6) is 0.679. The summed E-state index contributed by atoms with van der Waals surface area (Å²) in [7, 11) is 0. The zero-order valence-corrected chi connectivity index (χ0v) is 10.9. The number of carbonyl (C=O) groups is 1. The van der Waals surface area contributed by atoms with Crippen molar-refractivity contribution >= 4 is 5.97 Å². The standard InChI is InChI=1S/C14H25NO2/c1-11(13-4-2-3-5-13)15-8-6-12(7-9-15)10-14(16)17/h11-13H,2-10H2,1H3,(H,16,17). The number of carboxylic acids is 1. The lowest BCUT2D eigenvalue weighted by atomic mass is 9.90. The highest BCUT2D eigenvalue weighted by Crippen LogP contribution is 2.32. The molecule has 1 aliphatic heterocycles. The Balaban J connectivity index is 1.76. The van der Waals surface area contributed by atoms with Gasteiger partial charge in [0.15, 0.2) is 0 Å². The second kappa shape index (κ2) is 5.85. The third-order valence-electron chi connectivity index (χ3n) is 4.77. The topological polar surface area (TPSA) is 40.5 Å². The molecule has 1 aliphatic carbocycles. The molecule has 0 spiro atoms. The fourth-order valence-corrected chi connectivity index (χ4v) is 3.55. The number of hydrogen-bond donors (Lipinski definition) is 1. The van der Waals surface area contributed by atoms with E-state index in [9.17, 15) is 4.79 Å². The van der Waals surface area contributed by atoms with Crippen molar-refractivity contribution in [1.29, 1.82) is 0 Å². The molecule has 1 atom stereocenters. The third-order valence-corrected chi connectivity index (χ3v) is 4.77. The first-order chi connectivity index (χ1) is 8.16. The van der Waals surface area contributed by atoms with Crippen LogP contribution in [0.25, 0.3) is 0 Å². The highest BCUT2D eigenvalue weighted by Gasteiger charge is 2.29. The number of piperidine rings is 1. The Morgan fingerprint density at radius 3 is 2.35 bits per heavy atom. The normalized spacial score (nSPS) is 26.2. The van der Waals surface area contributed by atoms with Crippen molar-refractivity contribution in [3.63, 3.8) is 0 Å². The lowest BCUT2D eigenvalue weighted by Gasteiger charge is -2.38. The fraction of sp³-hybridized carbons (Fsp3) is 0.929. The lowest BCUT2D eigenvalue weighted by Crippen LogP contribution is -2.43. The molecule has 0 radical (unpaired) electrons. The molecular formula is C14H25NO2. The van der Waals surface area contributed by atoms with Crippen LogP contribution in [0.5, 0.6) is 0 Å². The summed E-state index contributed by atoms with van der Waals surface area (Å²) < 4.78 is 0. The van der Waals surface area contributed by atoms with Crippen LogP contribution in [0.2, 0.25) is 0 Å². The second-order valence-electron chi connectivity index (χ2n) is 5.86. The van der Waals surface area contributed by atoms with Crippen LogP contribution < -0.4 is 0 Å². The van der Waals surface area contributed by atoms with E-state index in [1.807, 2.05) is 0 Å². The number of nitrogens with zero attached hydrogens (tertiary/aromatic N) is 1. The molecule has 2 fully saturated rings. The zero-order valence-electron chi connectivity index (χ0n) is 10.9. The Morgan fingerprint density at radius 1 is 1.24 bits per heavy atom. The van der Waals surface area contributed by atoms with E-state index in [1.54, 1.807) is 0 Å². The Kier molecular flexibility index (Phi) is 4.43. The minimum Gasteiger partial charge on any atom is -0.481 e. The highest BCUT2D eigenvalue weighted by atomic mass is 16.4. The largest absolute Gasteiger partial charge is 0.481 e. The van der Waals surface area contributed by atoms with Crippen LogP contribution >= 0.6 is 0 Å². The molecule has 3 heteroatoms. The summed E-state index contributed by atoms with van der Waals surface area (Å²) in [4.78, 5) is 13.3. The molecular weight excluding hydrogens is 214 g/mol. The molecule has 0 aromatic heterocycles. The van der Waals surface area contributed by atoms with E-state index in [0.29, 0.717) is 18.4 Å². The average Bonchev–Trinajstić information content (AvgIpc) is 2.82. The second-order valence-corrected chi connectivity index (χ2v) is 5.86. The predicted molar refractivity (Wildman–Crippen MR) is 68.0 cm³/mol. The Labute approximate surface area is 104 Å². The number of carboxylic acid groups (broad SMARTS) is 1. The van der Waals surface area contributed by atoms with Crippen LogP contribution in [-0.2, 0) is 4.79 Å². The summed E-state index contributed by atoms with van der Waals surface area (Å²) >= 11 is 0. The van der Waals surface area contributed by atoms with E-state index in [1.165, 1.54) is 25.7 Å². The number of aliphatic carboxylic acids is 1. The van der Waals surface area contributed by atoms with E-state index in [0.717, 1.165) is 31.8 Å². The summed E-state index contributed by atoms with van der Waals surface area (Å²) in [6.07, 6.45) is 8.12. The quantitative estimate of drug-likeness (QED) is 0.820. The van der Waals surface area contributed by atoms with Crippen molar-refractivity contribution < 1.29 is 9.90 Å². The van der Waals surface area contributed by atoms with Crippen LogP contribution in [0, 0.1) is 11.8 Å². The number of rotatable bonds is 4. The van der Waals surface area contributed by atoms with E-state index < -0.39 is 5.97 Å². The SMILES string of the molecule is CC(C1CCCC1)N1CCC(CC(=O)O)CC1. The van der Waals surface area contributed by atoms with Gasteiger partial charge in [-0.05, 0) is 57.5 Å². The maximum Gasteiger partial charge on any atom is 0.303 e. The molecule has 0 bridgehead atoms. The molecule has 0 amide bonds. The molecule has 2 aliphatic rings. The smallest absolute Gasteiger partial charge is 0.303 e. The molecule has 17 heavy (non-hydrogen) atoms. The Hall–Kier alpha value is -0.570. The average molecular weight is 239 g/mol. The zero-order chi connectivity index (χ0) is 12.3. The van der Waals surface area contributed by atoms with Crippen LogP contribution in [0.15, 0.2) is 0 Å². The van der Waals surface area contributed by atoms with Gasteiger partial charge in [-0.1, -0.05) is 12.8 Å². The first-order valence-corrected chi connectivity index (χ1v) is 7.12. The van der Waals surface area contributed by atoms with Crippen LogP contribution in [-0.4, -0.2) is 35.1 Å². The van der Waals surface area contributed by atoms with Crippen molar-refractivity contribution in [2.24, 2.45) is 11.8 Å². The molecule has 0 aromatic rings. The van der Waals surface area contributed by atoms with Crippen molar-refractivity contribution in [2.45, 2.75) is 57.9 Å². The van der Waals surface area contributed by atoms with Crippen molar-refractivity contribution in [3.8, 4) is 0 Å². The maximum atomic E-state index is 10.7. The molecule has 1 saturated carbocycles. The lowest BCUT2D eigenvalue weighted by molar-refractivity contribution is -0.138. The van der Waals surface area contributed by atoms with Gasteiger partial charge in [-0.2, -0.15) is 0 Å². The van der Waals surface area contributed by atoms with E-state index >= 15 is 0 Å². The predicted octanol–water partition coefficient (Wildman–Crippen LogP) is 2.75. The van der Waals surface area contributed by atoms with Crippen LogP contribution in [0.3, 0.4) is 0 Å². The third kappa shape index (κ3) is 3.44. The molecule has 98 valence electrons. The monoisotopic (exact) mass is 239 g/mol. The van der Waals surface area contributed by atoms with Crippen LogP contribution in [0.1, 0.15) is 51.9 Å². The molecule has 1 heterocycles. The fourth-order valence-electron chi connectivity index (χ4n) is 3.55. The van der Waals surface area contributed by atoms with Gasteiger partial charge in [0.2, 0.25) is 0 Å². The summed E-state index contributed by atoms with van der Waals surface area (Å²) in [5, 5.41) is 8.80. The van der Waals surface area contributed by atoms with E-state index in [4.69, 9.17) is 5.11 Å². The van der Waals surface area contributed by atoms with Gasteiger partial charge < -0.3 is 10.0 Å². The summed E-state index contributed by atoms with van der Waals surface area (Å²) in [6, 6.07) is 0.711. The minimum atomic E-state index is -0.632. The van der Waals surface area contributed by atoms with Crippen molar-refractivity contribution in [1.82, 2.24) is 4.90 Å². The summed E-state index contributed by atoms with van der Waals surface area (Å²) in [6.45, 7) is 4.58. The van der Waals surface area contributed by atoms with Crippen molar-refractivity contribution in [2.75, 3.05) is 13.1 Å². The first-order valence-electron chi connectivity index (χ1n) is 7.12. The number of hydrogen-bond acceptors (Lipinski definition) is 2. The van der Waals surface area contributed by atoms with Gasteiger partial charge >= 0.3 is 5.97 Å². The van der Waals surface area contributed by atoms with Gasteiger partial charge in [0.25, 0.3) is 0 Å². The number of likely N-dealkylation sites (tertiary alicyclic amines) is 1. The van der Waals surface area contributed by atoms with Gasteiger partial charge in [-0.25, -0.2) is 0 Å². The molecule has 1 saturated heterocycles. The molecule has 1 N–H and O–H groups in total. The molecule has 1 unspecified atom stereocenters. The Morgan fingerprint density at radius 2 is 1.82 bits per heavy atom. The first kappa shape index (κ1) is 12.9.